The Labute approximate surface area is 129 Å². The zero-order valence-corrected chi connectivity index (χ0v) is 12.6. The van der Waals surface area contributed by atoms with Gasteiger partial charge < -0.3 is 14.6 Å². The van der Waals surface area contributed by atoms with E-state index in [1.54, 1.807) is 12.1 Å². The number of carbonyl (C=O) groups is 1. The minimum Gasteiger partial charge on any atom is -0.489 e. The normalized spacial score (nSPS) is 24.1. The van der Waals surface area contributed by atoms with Crippen LogP contribution in [0.25, 0.3) is 0 Å². The Bertz CT molecular complexity index is 537. The molecule has 1 aromatic carbocycles. The molecule has 1 unspecified atom stereocenters. The van der Waals surface area contributed by atoms with Crippen molar-refractivity contribution in [2.75, 3.05) is 6.61 Å². The summed E-state index contributed by atoms with van der Waals surface area (Å²) in [5, 5.41) is 9.73. The highest BCUT2D eigenvalue weighted by Crippen LogP contribution is 2.41. The maximum atomic E-state index is 11.3. The van der Waals surface area contributed by atoms with Crippen molar-refractivity contribution in [2.45, 2.75) is 50.2 Å². The van der Waals surface area contributed by atoms with Crippen molar-refractivity contribution in [1.29, 1.82) is 0 Å². The van der Waals surface area contributed by atoms with Gasteiger partial charge in [0.25, 0.3) is 0 Å². The van der Waals surface area contributed by atoms with Crippen molar-refractivity contribution < 1.29 is 19.4 Å². The van der Waals surface area contributed by atoms with Gasteiger partial charge in [-0.1, -0.05) is 24.4 Å². The van der Waals surface area contributed by atoms with Crippen LogP contribution in [0.4, 0.5) is 0 Å². The fourth-order valence-electron chi connectivity index (χ4n) is 3.40. The second-order valence-electron chi connectivity index (χ2n) is 5.92. The topological polar surface area (TPSA) is 55.8 Å². The van der Waals surface area contributed by atoms with Crippen LogP contribution in [0, 0.1) is 0 Å². The lowest BCUT2D eigenvalue weighted by Gasteiger charge is -2.38. The van der Waals surface area contributed by atoms with Gasteiger partial charge in [0.15, 0.2) is 0 Å². The summed E-state index contributed by atoms with van der Waals surface area (Å²) in [6.07, 6.45) is 6.16. The van der Waals surface area contributed by atoms with E-state index in [0.29, 0.717) is 17.4 Å². The van der Waals surface area contributed by atoms with E-state index in [2.05, 4.69) is 0 Å². The molecule has 1 atom stereocenters. The first-order chi connectivity index (χ1) is 10.1. The third-order valence-corrected chi connectivity index (χ3v) is 4.67. The summed E-state index contributed by atoms with van der Waals surface area (Å²) < 4.78 is 11.9. The van der Waals surface area contributed by atoms with Crippen molar-refractivity contribution in [3.8, 4) is 5.75 Å². The monoisotopic (exact) mass is 310 g/mol. The van der Waals surface area contributed by atoms with Gasteiger partial charge in [0.05, 0.1) is 12.2 Å². The predicted molar refractivity (Wildman–Crippen MR) is 79.2 cm³/mol. The van der Waals surface area contributed by atoms with Crippen molar-refractivity contribution in [3.63, 3.8) is 0 Å². The highest BCUT2D eigenvalue weighted by atomic mass is 35.5. The Kier molecular flexibility index (Phi) is 4.09. The minimum atomic E-state index is -0.996. The van der Waals surface area contributed by atoms with E-state index in [0.717, 1.165) is 25.7 Å². The standard InChI is InChI=1S/C16H19ClO4/c17-11-3-4-13(15(18)19)14(9-11)21-12-5-8-20-16(10-12)6-1-2-7-16/h3-4,9,12H,1-2,5-8,10H2,(H,18,19). The Morgan fingerprint density at radius 1 is 1.38 bits per heavy atom. The summed E-state index contributed by atoms with van der Waals surface area (Å²) in [4.78, 5) is 11.3. The lowest BCUT2D eigenvalue weighted by atomic mass is 9.90. The first-order valence-corrected chi connectivity index (χ1v) is 7.79. The van der Waals surface area contributed by atoms with E-state index in [1.807, 2.05) is 0 Å². The van der Waals surface area contributed by atoms with Crippen LogP contribution < -0.4 is 4.74 Å². The van der Waals surface area contributed by atoms with Crippen LogP contribution in [0.3, 0.4) is 0 Å². The van der Waals surface area contributed by atoms with Gasteiger partial charge in [0, 0.05) is 17.9 Å². The molecule has 0 aromatic heterocycles. The quantitative estimate of drug-likeness (QED) is 0.919. The van der Waals surface area contributed by atoms with Gasteiger partial charge in [-0.25, -0.2) is 4.79 Å². The van der Waals surface area contributed by atoms with Crippen LogP contribution in [-0.2, 0) is 4.74 Å². The maximum Gasteiger partial charge on any atom is 0.339 e. The van der Waals surface area contributed by atoms with Crippen molar-refractivity contribution in [3.05, 3.63) is 28.8 Å². The Morgan fingerprint density at radius 3 is 2.86 bits per heavy atom. The van der Waals surface area contributed by atoms with E-state index in [-0.39, 0.29) is 17.3 Å². The molecule has 1 N–H and O–H groups in total. The van der Waals surface area contributed by atoms with E-state index in [4.69, 9.17) is 21.1 Å². The molecule has 1 saturated heterocycles. The highest BCUT2D eigenvalue weighted by molar-refractivity contribution is 6.30. The molecule has 1 saturated carbocycles. The third kappa shape index (κ3) is 3.16. The van der Waals surface area contributed by atoms with Gasteiger partial charge in [-0.3, -0.25) is 0 Å². The molecule has 21 heavy (non-hydrogen) atoms. The molecule has 0 bridgehead atoms. The number of halogens is 1. The lowest BCUT2D eigenvalue weighted by molar-refractivity contribution is -0.108. The summed E-state index contributed by atoms with van der Waals surface area (Å²) in [5.41, 5.74) is 0.108. The second kappa shape index (κ2) is 5.85. The van der Waals surface area contributed by atoms with Crippen molar-refractivity contribution in [2.24, 2.45) is 0 Å². The van der Waals surface area contributed by atoms with Crippen molar-refractivity contribution >= 4 is 17.6 Å². The molecule has 1 heterocycles. The van der Waals surface area contributed by atoms with E-state index in [9.17, 15) is 9.90 Å². The number of hydrogen-bond donors (Lipinski definition) is 1. The number of ether oxygens (including phenoxy) is 2. The summed E-state index contributed by atoms with van der Waals surface area (Å²) in [5.74, 6) is -0.639. The molecular formula is C16H19ClO4. The summed E-state index contributed by atoms with van der Waals surface area (Å²) in [6, 6.07) is 4.65. The van der Waals surface area contributed by atoms with Gasteiger partial charge in [0.2, 0.25) is 0 Å². The molecule has 1 aliphatic carbocycles. The molecule has 5 heteroatoms. The molecule has 114 valence electrons. The lowest BCUT2D eigenvalue weighted by Crippen LogP contribution is -2.41. The molecule has 1 spiro atoms. The van der Waals surface area contributed by atoms with Gasteiger partial charge in [-0.05, 0) is 31.0 Å². The Hall–Kier alpha value is -1.26. The highest BCUT2D eigenvalue weighted by Gasteiger charge is 2.40. The maximum absolute atomic E-state index is 11.3. The molecular weight excluding hydrogens is 292 g/mol. The summed E-state index contributed by atoms with van der Waals surface area (Å²) in [6.45, 7) is 0.674. The molecule has 4 nitrogen and oxygen atoms in total. The van der Waals surface area contributed by atoms with Crippen molar-refractivity contribution in [1.82, 2.24) is 0 Å². The van der Waals surface area contributed by atoms with Crippen LogP contribution in [0.1, 0.15) is 48.9 Å². The molecule has 0 amide bonds. The van der Waals surface area contributed by atoms with Gasteiger partial charge in [-0.15, -0.1) is 0 Å². The fourth-order valence-corrected chi connectivity index (χ4v) is 3.56. The zero-order chi connectivity index (χ0) is 14.9. The van der Waals surface area contributed by atoms with E-state index >= 15 is 0 Å². The molecule has 1 aliphatic heterocycles. The van der Waals surface area contributed by atoms with Crippen LogP contribution in [0.5, 0.6) is 5.75 Å². The fraction of sp³-hybridized carbons (Fsp3) is 0.562. The summed E-state index contributed by atoms with van der Waals surface area (Å²) in [7, 11) is 0. The molecule has 0 radical (unpaired) electrons. The second-order valence-corrected chi connectivity index (χ2v) is 6.35. The minimum absolute atomic E-state index is 0.00610. The predicted octanol–water partition coefficient (Wildman–Crippen LogP) is 3.91. The van der Waals surface area contributed by atoms with Crippen LogP contribution in [0.15, 0.2) is 18.2 Å². The number of rotatable bonds is 3. The first kappa shape index (κ1) is 14.7. The number of aromatic carboxylic acids is 1. The smallest absolute Gasteiger partial charge is 0.339 e. The summed E-state index contributed by atoms with van der Waals surface area (Å²) >= 11 is 5.96. The number of benzene rings is 1. The number of hydrogen-bond acceptors (Lipinski definition) is 3. The molecule has 2 fully saturated rings. The Balaban J connectivity index is 1.77. The van der Waals surface area contributed by atoms with Gasteiger partial charge in [-0.2, -0.15) is 0 Å². The average Bonchev–Trinajstić information content (AvgIpc) is 2.86. The SMILES string of the molecule is O=C(O)c1ccc(Cl)cc1OC1CCOC2(CCCC2)C1. The first-order valence-electron chi connectivity index (χ1n) is 7.41. The van der Waals surface area contributed by atoms with Gasteiger partial charge >= 0.3 is 5.97 Å². The van der Waals surface area contributed by atoms with Crippen LogP contribution >= 0.6 is 11.6 Å². The number of carboxylic acid groups (broad SMARTS) is 1. The number of carboxylic acids is 1. The van der Waals surface area contributed by atoms with Crippen LogP contribution in [0.2, 0.25) is 5.02 Å². The zero-order valence-electron chi connectivity index (χ0n) is 11.8. The Morgan fingerprint density at radius 2 is 2.14 bits per heavy atom. The molecule has 2 aliphatic rings. The van der Waals surface area contributed by atoms with E-state index < -0.39 is 5.97 Å². The molecule has 1 aromatic rings. The third-order valence-electron chi connectivity index (χ3n) is 4.43. The van der Waals surface area contributed by atoms with Crippen LogP contribution in [-0.4, -0.2) is 29.4 Å². The van der Waals surface area contributed by atoms with Gasteiger partial charge in [0.1, 0.15) is 17.4 Å². The molecule has 3 rings (SSSR count). The average molecular weight is 311 g/mol. The largest absolute Gasteiger partial charge is 0.489 e. The van der Waals surface area contributed by atoms with E-state index in [1.165, 1.54) is 18.9 Å².